The third kappa shape index (κ3) is 1.75. The number of aromatic nitrogens is 4. The first-order valence-electron chi connectivity index (χ1n) is 5.69. The van der Waals surface area contributed by atoms with Gasteiger partial charge in [-0.1, -0.05) is 0 Å². The topological polar surface area (TPSA) is 140 Å². The molecule has 0 spiro atoms. The highest BCUT2D eigenvalue weighted by atomic mass is 18.2. The van der Waals surface area contributed by atoms with Gasteiger partial charge in [0.15, 0.2) is 17.7 Å². The van der Waals surface area contributed by atoms with E-state index in [0.717, 1.165) is 0 Å². The van der Waals surface area contributed by atoms with Crippen LogP contribution in [0.2, 0.25) is 0 Å². The van der Waals surface area contributed by atoms with Crippen molar-refractivity contribution >= 4 is 17.0 Å². The van der Waals surface area contributed by atoms with Gasteiger partial charge in [0.1, 0.15) is 30.2 Å². The fourth-order valence-electron chi connectivity index (χ4n) is 2.17. The molecule has 0 aromatic carbocycles. The van der Waals surface area contributed by atoms with Crippen molar-refractivity contribution in [1.29, 1.82) is 0 Å². The smallest absolute Gasteiger partial charge is 0.167 e. The van der Waals surface area contributed by atoms with Crippen LogP contribution in [-0.4, -0.2) is 59.8 Å². The van der Waals surface area contributed by atoms with Gasteiger partial charge in [-0.05, 0) is 0 Å². The second-order valence-corrected chi connectivity index (χ2v) is 4.31. The Bertz CT molecular complexity index is 603. The lowest BCUT2D eigenvalue weighted by molar-refractivity contribution is -0.0511. The van der Waals surface area contributed by atoms with E-state index >= 15 is 0 Å². The fourth-order valence-corrected chi connectivity index (χ4v) is 2.17. The van der Waals surface area contributed by atoms with Crippen molar-refractivity contribution in [3.05, 3.63) is 12.7 Å². The highest BCUT2D eigenvalue weighted by molar-refractivity contribution is 5.81. The van der Waals surface area contributed by atoms with E-state index in [2.05, 4.69) is 15.0 Å². The molecule has 1 aliphatic heterocycles. The Labute approximate surface area is 107 Å². The molecular weight excluding hydrogens is 256 g/mol. The van der Waals surface area contributed by atoms with Gasteiger partial charge < -0.3 is 25.8 Å². The molecule has 1 saturated heterocycles. The summed E-state index contributed by atoms with van der Waals surface area (Å²) in [7, 11) is 0. The van der Waals surface area contributed by atoms with E-state index in [-0.39, 0.29) is 5.82 Å². The molecule has 0 bridgehead atoms. The molecule has 19 heavy (non-hydrogen) atoms. The first-order valence-corrected chi connectivity index (χ1v) is 5.69. The Kier molecular flexibility index (Phi) is 2.82. The lowest BCUT2D eigenvalue weighted by atomic mass is 10.1. The van der Waals surface area contributed by atoms with Gasteiger partial charge in [-0.15, -0.1) is 0 Å². The average Bonchev–Trinajstić information content (AvgIpc) is 2.94. The van der Waals surface area contributed by atoms with E-state index in [1.165, 1.54) is 17.2 Å². The van der Waals surface area contributed by atoms with Crippen LogP contribution in [-0.2, 0) is 4.74 Å². The number of aliphatic hydroxyl groups is 3. The van der Waals surface area contributed by atoms with Crippen molar-refractivity contribution in [2.75, 3.05) is 12.3 Å². The van der Waals surface area contributed by atoms with Gasteiger partial charge in [0.2, 0.25) is 0 Å². The SMILES string of the molecule is Nc1ncnc2c1ncn2[C@@H]1O[C@H](CO)[C@@H](O)[C@@H]1[18OH]. The predicted octanol–water partition coefficient (Wildman–Crippen LogP) is -1.98. The Morgan fingerprint density at radius 2 is 2.21 bits per heavy atom. The molecule has 0 aliphatic carbocycles. The molecule has 9 nitrogen and oxygen atoms in total. The number of fused-ring (bicyclic) bond motifs is 1. The molecule has 2 aromatic rings. The minimum Gasteiger partial charge on any atom is -0.394 e. The van der Waals surface area contributed by atoms with Gasteiger partial charge in [0.25, 0.3) is 0 Å². The number of nitrogens with two attached hydrogens (primary N) is 1. The fraction of sp³-hybridized carbons (Fsp3) is 0.500. The number of rotatable bonds is 2. The zero-order valence-corrected chi connectivity index (χ0v) is 9.79. The highest BCUT2D eigenvalue weighted by Crippen LogP contribution is 2.31. The quantitative estimate of drug-likeness (QED) is 0.460. The first-order chi connectivity index (χ1) is 9.13. The summed E-state index contributed by atoms with van der Waals surface area (Å²) in [5, 5.41) is 28.7. The van der Waals surface area contributed by atoms with E-state index in [1.54, 1.807) is 0 Å². The van der Waals surface area contributed by atoms with E-state index in [4.69, 9.17) is 15.6 Å². The van der Waals surface area contributed by atoms with E-state index < -0.39 is 31.1 Å². The summed E-state index contributed by atoms with van der Waals surface area (Å²) in [6.07, 6.45) is -1.42. The molecule has 0 radical (unpaired) electrons. The van der Waals surface area contributed by atoms with Crippen molar-refractivity contribution < 1.29 is 20.1 Å². The van der Waals surface area contributed by atoms with Crippen LogP contribution in [0.25, 0.3) is 11.2 Å². The van der Waals surface area contributed by atoms with Crippen LogP contribution in [0.4, 0.5) is 5.82 Å². The Morgan fingerprint density at radius 1 is 1.42 bits per heavy atom. The maximum Gasteiger partial charge on any atom is 0.167 e. The summed E-state index contributed by atoms with van der Waals surface area (Å²) >= 11 is 0. The van der Waals surface area contributed by atoms with Crippen LogP contribution >= 0.6 is 0 Å². The molecule has 0 saturated carbocycles. The standard InChI is InChI=1S/C10H13N5O4/c11-8-5-9(13-2-12-8)15(3-14-5)10-7(18)6(17)4(1-16)19-10/h2-4,6-7,10,16-18H,1H2,(H2,11,12,13)/t4-,6-,7+,10-/m1/s1/i18+2. The number of hydrogen-bond acceptors (Lipinski definition) is 8. The Morgan fingerprint density at radius 3 is 2.89 bits per heavy atom. The summed E-state index contributed by atoms with van der Waals surface area (Å²) in [5.74, 6) is 0.218. The zero-order valence-electron chi connectivity index (χ0n) is 9.79. The van der Waals surface area contributed by atoms with Crippen LogP contribution in [0.15, 0.2) is 12.7 Å². The van der Waals surface area contributed by atoms with Gasteiger partial charge >= 0.3 is 0 Å². The molecule has 1 fully saturated rings. The van der Waals surface area contributed by atoms with Gasteiger partial charge in [-0.2, -0.15) is 0 Å². The van der Waals surface area contributed by atoms with Crippen molar-refractivity contribution in [2.24, 2.45) is 0 Å². The van der Waals surface area contributed by atoms with E-state index in [1.807, 2.05) is 0 Å². The number of aliphatic hydroxyl groups excluding tert-OH is 3. The van der Waals surface area contributed by atoms with Crippen LogP contribution in [0.5, 0.6) is 0 Å². The molecule has 2 aromatic heterocycles. The summed E-state index contributed by atoms with van der Waals surface area (Å²) in [6, 6.07) is 0. The second kappa shape index (κ2) is 4.38. The summed E-state index contributed by atoms with van der Waals surface area (Å²) in [6.45, 7) is -0.390. The Hall–Kier alpha value is -1.81. The third-order valence-corrected chi connectivity index (χ3v) is 3.18. The molecule has 0 unspecified atom stereocenters. The molecule has 3 rings (SSSR count). The molecule has 5 N–H and O–H groups in total. The van der Waals surface area contributed by atoms with Crippen LogP contribution < -0.4 is 5.73 Å². The minimum atomic E-state index is -1.19. The summed E-state index contributed by atoms with van der Waals surface area (Å²) in [4.78, 5) is 11.9. The van der Waals surface area contributed by atoms with Gasteiger partial charge in [0.05, 0.1) is 12.9 Å². The van der Waals surface area contributed by atoms with Crippen LogP contribution in [0.1, 0.15) is 6.23 Å². The lowest BCUT2D eigenvalue weighted by Gasteiger charge is -2.16. The highest BCUT2D eigenvalue weighted by Gasteiger charge is 2.43. The largest absolute Gasteiger partial charge is 0.394 e. The maximum absolute atomic E-state index is 9.95. The molecule has 4 atom stereocenters. The molecule has 3 heterocycles. The number of hydrogen-bond donors (Lipinski definition) is 4. The minimum absolute atomic E-state index is 0.218. The number of ether oxygens (including phenoxy) is 1. The molecule has 9 heteroatoms. The molecule has 0 amide bonds. The molecule has 1 aliphatic rings. The maximum atomic E-state index is 9.95. The van der Waals surface area contributed by atoms with Crippen LogP contribution in [0.3, 0.4) is 0 Å². The number of nitrogen functional groups attached to an aromatic ring is 1. The van der Waals surface area contributed by atoms with Gasteiger partial charge in [0, 0.05) is 0 Å². The van der Waals surface area contributed by atoms with Crippen LogP contribution in [0, 0.1) is 0 Å². The number of imidazole rings is 1. The number of nitrogens with zero attached hydrogens (tertiary/aromatic N) is 4. The third-order valence-electron chi connectivity index (χ3n) is 3.18. The average molecular weight is 269 g/mol. The lowest BCUT2D eigenvalue weighted by Crippen LogP contribution is -2.33. The van der Waals surface area contributed by atoms with Crippen molar-refractivity contribution in [2.45, 2.75) is 24.5 Å². The number of anilines is 1. The van der Waals surface area contributed by atoms with E-state index in [0.29, 0.717) is 11.2 Å². The monoisotopic (exact) mass is 269 g/mol. The summed E-state index contributed by atoms with van der Waals surface area (Å²) in [5.41, 5.74) is 6.44. The Balaban J connectivity index is 2.04. The first kappa shape index (κ1) is 12.2. The van der Waals surface area contributed by atoms with Crippen molar-refractivity contribution in [1.82, 2.24) is 19.5 Å². The predicted molar refractivity (Wildman–Crippen MR) is 62.7 cm³/mol. The van der Waals surface area contributed by atoms with E-state index in [9.17, 15) is 10.2 Å². The van der Waals surface area contributed by atoms with Crippen molar-refractivity contribution in [3.8, 4) is 0 Å². The van der Waals surface area contributed by atoms with Gasteiger partial charge in [-0.3, -0.25) is 4.57 Å². The normalized spacial score (nSPS) is 31.1. The van der Waals surface area contributed by atoms with Crippen molar-refractivity contribution in [3.63, 3.8) is 0 Å². The van der Waals surface area contributed by atoms with Gasteiger partial charge in [-0.25, -0.2) is 15.0 Å². The second-order valence-electron chi connectivity index (χ2n) is 4.31. The molecule has 102 valence electrons. The summed E-state index contributed by atoms with van der Waals surface area (Å²) < 4.78 is 6.85. The molecular formula is C10H13N5O4. The zero-order chi connectivity index (χ0) is 13.6.